The summed E-state index contributed by atoms with van der Waals surface area (Å²) in [5, 5.41) is 4.04. The van der Waals surface area contributed by atoms with Gasteiger partial charge in [-0.3, -0.25) is 9.59 Å². The molecule has 0 aromatic carbocycles. The molecule has 1 unspecified atom stereocenters. The number of rotatable bonds is 4. The SMILES string of the molecule is CC(=O)c1[nH]c(C)c(C(=O)N2CCCCC2c2nc(C(C)C)no2)c1C. The van der Waals surface area contributed by atoms with Crippen LogP contribution in [-0.2, 0) is 0 Å². The topological polar surface area (TPSA) is 92.1 Å². The number of hydrogen-bond donors (Lipinski definition) is 1. The molecule has 2 aromatic rings. The number of ketones is 1. The van der Waals surface area contributed by atoms with E-state index in [1.165, 1.54) is 6.92 Å². The van der Waals surface area contributed by atoms with Gasteiger partial charge in [-0.2, -0.15) is 4.98 Å². The van der Waals surface area contributed by atoms with Crippen LogP contribution in [0.25, 0.3) is 0 Å². The molecule has 2 aromatic heterocycles. The fourth-order valence-corrected chi connectivity index (χ4v) is 3.61. The molecule has 1 N–H and O–H groups in total. The molecule has 1 fully saturated rings. The van der Waals surface area contributed by atoms with Gasteiger partial charge in [0.1, 0.15) is 6.04 Å². The van der Waals surface area contributed by atoms with E-state index in [1.54, 1.807) is 0 Å². The number of H-pyrrole nitrogens is 1. The lowest BCUT2D eigenvalue weighted by Crippen LogP contribution is -2.39. The van der Waals surface area contributed by atoms with Crippen molar-refractivity contribution >= 4 is 11.7 Å². The Morgan fingerprint density at radius 1 is 1.27 bits per heavy atom. The van der Waals surface area contributed by atoms with Crippen molar-refractivity contribution in [2.45, 2.75) is 65.8 Å². The van der Waals surface area contributed by atoms with E-state index in [0.717, 1.165) is 25.0 Å². The van der Waals surface area contributed by atoms with Crippen molar-refractivity contribution in [2.24, 2.45) is 0 Å². The van der Waals surface area contributed by atoms with Crippen LogP contribution >= 0.6 is 0 Å². The number of carbonyl (C=O) groups excluding carboxylic acids is 2. The monoisotopic (exact) mass is 358 g/mol. The van der Waals surface area contributed by atoms with Gasteiger partial charge in [0.25, 0.3) is 5.91 Å². The highest BCUT2D eigenvalue weighted by atomic mass is 16.5. The van der Waals surface area contributed by atoms with Crippen LogP contribution in [0.1, 0.15) is 95.8 Å². The van der Waals surface area contributed by atoms with E-state index in [-0.39, 0.29) is 23.7 Å². The number of piperidine rings is 1. The molecule has 0 aliphatic carbocycles. The van der Waals surface area contributed by atoms with E-state index in [9.17, 15) is 9.59 Å². The summed E-state index contributed by atoms with van der Waals surface area (Å²) in [7, 11) is 0. The average molecular weight is 358 g/mol. The number of nitrogens with one attached hydrogen (secondary N) is 1. The molecule has 1 aliphatic rings. The van der Waals surface area contributed by atoms with Gasteiger partial charge in [0, 0.05) is 25.1 Å². The fourth-order valence-electron chi connectivity index (χ4n) is 3.61. The number of aromatic nitrogens is 3. The van der Waals surface area contributed by atoms with Gasteiger partial charge in [-0.25, -0.2) is 0 Å². The Labute approximate surface area is 153 Å². The van der Waals surface area contributed by atoms with Crippen LogP contribution in [0, 0.1) is 13.8 Å². The van der Waals surface area contributed by atoms with Crippen LogP contribution in [0.5, 0.6) is 0 Å². The lowest BCUT2D eigenvalue weighted by molar-refractivity contribution is 0.0560. The number of aryl methyl sites for hydroxylation is 1. The minimum Gasteiger partial charge on any atom is -0.355 e. The van der Waals surface area contributed by atoms with Crippen LogP contribution < -0.4 is 0 Å². The third-order valence-electron chi connectivity index (χ3n) is 5.03. The van der Waals surface area contributed by atoms with Crippen LogP contribution in [-0.4, -0.2) is 38.3 Å². The molecule has 140 valence electrons. The number of hydrogen-bond acceptors (Lipinski definition) is 5. The number of Topliss-reactive ketones (excluding diaryl/α,β-unsaturated/α-hetero) is 1. The molecular formula is C19H26N4O3. The van der Waals surface area contributed by atoms with Crippen LogP contribution in [0.15, 0.2) is 4.52 Å². The van der Waals surface area contributed by atoms with Gasteiger partial charge in [0.15, 0.2) is 11.6 Å². The molecule has 1 aliphatic heterocycles. The first kappa shape index (κ1) is 18.4. The van der Waals surface area contributed by atoms with Crippen molar-refractivity contribution in [1.29, 1.82) is 0 Å². The summed E-state index contributed by atoms with van der Waals surface area (Å²) >= 11 is 0. The predicted molar refractivity (Wildman–Crippen MR) is 96.3 cm³/mol. The second-order valence-corrected chi connectivity index (χ2v) is 7.34. The quantitative estimate of drug-likeness (QED) is 0.841. The smallest absolute Gasteiger partial charge is 0.256 e. The highest BCUT2D eigenvalue weighted by Gasteiger charge is 2.35. The molecule has 7 heteroatoms. The van der Waals surface area contributed by atoms with Gasteiger partial charge < -0.3 is 14.4 Å². The summed E-state index contributed by atoms with van der Waals surface area (Å²) in [6.07, 6.45) is 2.75. The second-order valence-electron chi connectivity index (χ2n) is 7.34. The zero-order chi connectivity index (χ0) is 19.0. The maximum atomic E-state index is 13.3. The van der Waals surface area contributed by atoms with Crippen LogP contribution in [0.3, 0.4) is 0 Å². The van der Waals surface area contributed by atoms with Gasteiger partial charge in [-0.05, 0) is 38.7 Å². The Morgan fingerprint density at radius 3 is 2.58 bits per heavy atom. The van der Waals surface area contributed by atoms with E-state index in [4.69, 9.17) is 4.52 Å². The standard InChI is InChI=1S/C19H26N4O3/c1-10(2)17-21-18(26-22-17)14-8-6-7-9-23(14)19(25)15-11(3)16(13(5)24)20-12(15)4/h10,14,20H,6-9H2,1-5H3. The first-order valence-corrected chi connectivity index (χ1v) is 9.15. The summed E-state index contributed by atoms with van der Waals surface area (Å²) < 4.78 is 5.47. The summed E-state index contributed by atoms with van der Waals surface area (Å²) in [6.45, 7) is 9.80. The maximum Gasteiger partial charge on any atom is 0.256 e. The molecule has 3 rings (SSSR count). The predicted octanol–water partition coefficient (Wildman–Crippen LogP) is 3.71. The third-order valence-corrected chi connectivity index (χ3v) is 5.03. The van der Waals surface area contributed by atoms with Crippen molar-refractivity contribution in [3.8, 4) is 0 Å². The Balaban J connectivity index is 1.95. The number of aromatic amines is 1. The highest BCUT2D eigenvalue weighted by Crippen LogP contribution is 2.33. The Morgan fingerprint density at radius 2 is 2.00 bits per heavy atom. The minimum absolute atomic E-state index is 0.0710. The molecule has 26 heavy (non-hydrogen) atoms. The van der Waals surface area contributed by atoms with Crippen molar-refractivity contribution in [3.05, 3.63) is 34.2 Å². The third kappa shape index (κ3) is 3.18. The molecule has 7 nitrogen and oxygen atoms in total. The van der Waals surface area contributed by atoms with E-state index in [0.29, 0.717) is 35.1 Å². The zero-order valence-corrected chi connectivity index (χ0v) is 16.0. The Bertz CT molecular complexity index is 834. The number of nitrogens with zero attached hydrogens (tertiary/aromatic N) is 3. The molecule has 0 saturated carbocycles. The van der Waals surface area contributed by atoms with Gasteiger partial charge in [-0.1, -0.05) is 19.0 Å². The van der Waals surface area contributed by atoms with Crippen molar-refractivity contribution < 1.29 is 14.1 Å². The van der Waals surface area contributed by atoms with Crippen molar-refractivity contribution in [3.63, 3.8) is 0 Å². The summed E-state index contributed by atoms with van der Waals surface area (Å²) in [6, 6.07) is -0.217. The number of carbonyl (C=O) groups is 2. The van der Waals surface area contributed by atoms with E-state index >= 15 is 0 Å². The normalized spacial score (nSPS) is 17.8. The van der Waals surface area contributed by atoms with Gasteiger partial charge in [-0.15, -0.1) is 0 Å². The summed E-state index contributed by atoms with van der Waals surface area (Å²) in [5.74, 6) is 1.17. The van der Waals surface area contributed by atoms with Gasteiger partial charge >= 0.3 is 0 Å². The Kier molecular flexibility index (Phi) is 4.98. The molecule has 1 amide bonds. The first-order chi connectivity index (χ1) is 12.3. The molecule has 0 bridgehead atoms. The molecule has 0 spiro atoms. The number of likely N-dealkylation sites (tertiary alicyclic amines) is 1. The molecule has 1 atom stereocenters. The van der Waals surface area contributed by atoms with Gasteiger partial charge in [0.2, 0.25) is 5.89 Å². The number of amides is 1. The molecule has 1 saturated heterocycles. The second kappa shape index (κ2) is 7.05. The summed E-state index contributed by atoms with van der Waals surface area (Å²) in [4.78, 5) is 34.5. The maximum absolute atomic E-state index is 13.3. The molecule has 3 heterocycles. The fraction of sp³-hybridized carbons (Fsp3) is 0.579. The summed E-state index contributed by atoms with van der Waals surface area (Å²) in [5.41, 5.74) is 2.50. The minimum atomic E-state index is -0.217. The van der Waals surface area contributed by atoms with Gasteiger partial charge in [0.05, 0.1) is 11.3 Å². The van der Waals surface area contributed by atoms with Crippen LogP contribution in [0.4, 0.5) is 0 Å². The highest BCUT2D eigenvalue weighted by molar-refractivity contribution is 6.02. The molecule has 0 radical (unpaired) electrons. The lowest BCUT2D eigenvalue weighted by atomic mass is 9.99. The van der Waals surface area contributed by atoms with E-state index in [1.807, 2.05) is 32.6 Å². The lowest BCUT2D eigenvalue weighted by Gasteiger charge is -2.33. The van der Waals surface area contributed by atoms with Crippen LogP contribution in [0.2, 0.25) is 0 Å². The van der Waals surface area contributed by atoms with E-state index in [2.05, 4.69) is 15.1 Å². The van der Waals surface area contributed by atoms with Crippen molar-refractivity contribution in [1.82, 2.24) is 20.0 Å². The van der Waals surface area contributed by atoms with Crippen molar-refractivity contribution in [2.75, 3.05) is 6.54 Å². The Hall–Kier alpha value is -2.44. The largest absolute Gasteiger partial charge is 0.355 e. The zero-order valence-electron chi connectivity index (χ0n) is 16.0. The average Bonchev–Trinajstić information content (AvgIpc) is 3.19. The first-order valence-electron chi connectivity index (χ1n) is 9.15. The van der Waals surface area contributed by atoms with E-state index < -0.39 is 0 Å². The molecular weight excluding hydrogens is 332 g/mol.